The summed E-state index contributed by atoms with van der Waals surface area (Å²) in [5, 5.41) is 50.2. The summed E-state index contributed by atoms with van der Waals surface area (Å²) in [6, 6.07) is 0. The molecule has 0 aromatic carbocycles. The Kier molecular flexibility index (Phi) is 35.8. The normalized spacial score (nSPS) is 22.0. The molecule has 1 saturated carbocycles. The Hall–Kier alpha value is -1.41. The zero-order valence-corrected chi connectivity index (χ0v) is 39.1. The molecule has 6 unspecified atom stereocenters. The van der Waals surface area contributed by atoms with E-state index in [1.54, 1.807) is 0 Å². The van der Waals surface area contributed by atoms with Gasteiger partial charge in [0.25, 0.3) is 0 Å². The highest BCUT2D eigenvalue weighted by molar-refractivity contribution is 7.47. The molecule has 0 radical (unpaired) electrons. The third kappa shape index (κ3) is 30.4. The highest BCUT2D eigenvalue weighted by atomic mass is 31.2. The number of phosphoric ester groups is 1. The SMILES string of the molecule is CCCCCCCC/C=C/CCCCCC(=O)O[C@@H](COC(=O)CCCCCCCCCCCCCCCCCCCCC)COP(=O)(O)OC1C(O)C(O)C(O)[C@H](O)C1O. The van der Waals surface area contributed by atoms with Gasteiger partial charge in [-0.15, -0.1) is 0 Å². The summed E-state index contributed by atoms with van der Waals surface area (Å²) in [7, 11) is -5.12. The number of esters is 2. The predicted octanol–water partition coefficient (Wildman–Crippen LogP) is 9.84. The van der Waals surface area contributed by atoms with Crippen molar-refractivity contribution in [2.45, 2.75) is 262 Å². The van der Waals surface area contributed by atoms with E-state index in [1.165, 1.54) is 135 Å². The Balaban J connectivity index is 2.40. The second kappa shape index (κ2) is 37.9. The molecule has 14 heteroatoms. The van der Waals surface area contributed by atoms with Gasteiger partial charge in [-0.2, -0.15) is 0 Å². The quantitative estimate of drug-likeness (QED) is 0.0146. The minimum Gasteiger partial charge on any atom is -0.462 e. The van der Waals surface area contributed by atoms with E-state index >= 15 is 0 Å². The fourth-order valence-electron chi connectivity index (χ4n) is 7.64. The Labute approximate surface area is 369 Å². The first-order chi connectivity index (χ1) is 29.4. The molecule has 0 aromatic rings. The highest BCUT2D eigenvalue weighted by Crippen LogP contribution is 2.47. The van der Waals surface area contributed by atoms with Crippen molar-refractivity contribution in [3.63, 3.8) is 0 Å². The van der Waals surface area contributed by atoms with Gasteiger partial charge in [-0.25, -0.2) is 4.57 Å². The number of ether oxygens (including phenoxy) is 2. The first-order valence-electron chi connectivity index (χ1n) is 24.5. The Morgan fingerprint density at radius 2 is 0.836 bits per heavy atom. The van der Waals surface area contributed by atoms with Crippen LogP contribution < -0.4 is 0 Å². The van der Waals surface area contributed by atoms with Crippen molar-refractivity contribution in [3.05, 3.63) is 12.2 Å². The average molecular weight is 893 g/mol. The molecule has 0 heterocycles. The fourth-order valence-corrected chi connectivity index (χ4v) is 8.61. The summed E-state index contributed by atoms with van der Waals surface area (Å²) in [6.07, 6.45) is 27.0. The van der Waals surface area contributed by atoms with Crippen molar-refractivity contribution in [1.82, 2.24) is 0 Å². The topological polar surface area (TPSA) is 210 Å². The van der Waals surface area contributed by atoms with Gasteiger partial charge in [0.05, 0.1) is 6.61 Å². The van der Waals surface area contributed by atoms with E-state index in [4.69, 9.17) is 18.5 Å². The third-order valence-electron chi connectivity index (χ3n) is 11.6. The maximum absolute atomic E-state index is 12.8. The van der Waals surface area contributed by atoms with Gasteiger partial charge in [0, 0.05) is 12.8 Å². The molecule has 61 heavy (non-hydrogen) atoms. The van der Waals surface area contributed by atoms with Crippen molar-refractivity contribution < 1.29 is 63.1 Å². The van der Waals surface area contributed by atoms with Gasteiger partial charge in [-0.05, 0) is 38.5 Å². The van der Waals surface area contributed by atoms with Crippen LogP contribution in [0.2, 0.25) is 0 Å². The lowest BCUT2D eigenvalue weighted by Crippen LogP contribution is -2.64. The fraction of sp³-hybridized carbons (Fsp3) is 0.915. The number of carbonyl (C=O) groups is 2. The van der Waals surface area contributed by atoms with E-state index in [0.29, 0.717) is 12.8 Å². The number of aliphatic hydroxyl groups is 5. The largest absolute Gasteiger partial charge is 0.472 e. The minimum atomic E-state index is -5.12. The minimum absolute atomic E-state index is 0.0805. The van der Waals surface area contributed by atoms with Crippen LogP contribution in [0.25, 0.3) is 0 Å². The number of carbonyl (C=O) groups excluding carboxylic acids is 2. The van der Waals surface area contributed by atoms with E-state index in [0.717, 1.165) is 44.9 Å². The van der Waals surface area contributed by atoms with Crippen molar-refractivity contribution in [2.75, 3.05) is 13.2 Å². The van der Waals surface area contributed by atoms with Crippen LogP contribution >= 0.6 is 7.82 Å². The first-order valence-corrected chi connectivity index (χ1v) is 26.0. The maximum atomic E-state index is 12.8. The van der Waals surface area contributed by atoms with E-state index in [2.05, 4.69) is 26.0 Å². The van der Waals surface area contributed by atoms with Crippen LogP contribution in [0.15, 0.2) is 12.2 Å². The Morgan fingerprint density at radius 3 is 1.26 bits per heavy atom. The molecule has 1 aliphatic carbocycles. The van der Waals surface area contributed by atoms with E-state index in [-0.39, 0.29) is 12.8 Å². The Bertz CT molecular complexity index is 1120. The van der Waals surface area contributed by atoms with Crippen LogP contribution in [-0.4, -0.2) is 98.3 Å². The van der Waals surface area contributed by atoms with Crippen LogP contribution in [0.3, 0.4) is 0 Å². The zero-order valence-electron chi connectivity index (χ0n) is 38.2. The standard InChI is InChI=1S/C47H89O13P/c1-3-5-7-9-11-13-15-17-18-19-20-21-22-24-25-27-29-31-33-35-40(48)57-37-39(38-58-61(55,56)60-47-45(53)43(51)42(50)44(52)46(47)54)59-41(49)36-34-32-30-28-26-23-16-14-12-10-8-6-4-2/h23,26,39,42-47,50-54H,3-22,24-25,27-38H2,1-2H3,(H,55,56)/b26-23+/t39-,42?,43-,44?,45?,46?,47?/m0/s1. The summed E-state index contributed by atoms with van der Waals surface area (Å²) in [5.41, 5.74) is 0. The predicted molar refractivity (Wildman–Crippen MR) is 240 cm³/mol. The molecule has 8 atom stereocenters. The van der Waals surface area contributed by atoms with Crippen LogP contribution in [0.5, 0.6) is 0 Å². The van der Waals surface area contributed by atoms with Crippen LogP contribution in [0.4, 0.5) is 0 Å². The molecule has 0 aliphatic heterocycles. The molecule has 1 fully saturated rings. The van der Waals surface area contributed by atoms with E-state index in [1.807, 2.05) is 0 Å². The van der Waals surface area contributed by atoms with Gasteiger partial charge in [0.2, 0.25) is 0 Å². The van der Waals surface area contributed by atoms with Crippen LogP contribution in [-0.2, 0) is 32.7 Å². The molecular weight excluding hydrogens is 803 g/mol. The number of hydrogen-bond donors (Lipinski definition) is 6. The smallest absolute Gasteiger partial charge is 0.462 e. The summed E-state index contributed by atoms with van der Waals surface area (Å²) in [6.45, 7) is 3.30. The van der Waals surface area contributed by atoms with E-state index in [9.17, 15) is 44.6 Å². The lowest BCUT2D eigenvalue weighted by atomic mass is 9.85. The molecule has 0 amide bonds. The molecule has 13 nitrogen and oxygen atoms in total. The number of allylic oxidation sites excluding steroid dienone is 2. The molecule has 1 rings (SSSR count). The molecule has 6 N–H and O–H groups in total. The monoisotopic (exact) mass is 893 g/mol. The third-order valence-corrected chi connectivity index (χ3v) is 12.6. The molecule has 0 spiro atoms. The number of unbranched alkanes of at least 4 members (excludes halogenated alkanes) is 27. The van der Waals surface area contributed by atoms with Crippen molar-refractivity contribution in [1.29, 1.82) is 0 Å². The molecular formula is C47H89O13P. The van der Waals surface area contributed by atoms with Crippen molar-refractivity contribution in [2.24, 2.45) is 0 Å². The average Bonchev–Trinajstić information content (AvgIpc) is 3.24. The number of hydrogen-bond acceptors (Lipinski definition) is 12. The molecule has 0 saturated heterocycles. The lowest BCUT2D eigenvalue weighted by molar-refractivity contribution is -0.220. The summed E-state index contributed by atoms with van der Waals surface area (Å²) in [5.74, 6) is -1.11. The Morgan fingerprint density at radius 1 is 0.492 bits per heavy atom. The van der Waals surface area contributed by atoms with Gasteiger partial charge in [0.1, 0.15) is 43.2 Å². The first kappa shape index (κ1) is 57.6. The second-order valence-electron chi connectivity index (χ2n) is 17.3. The molecule has 1 aliphatic rings. The van der Waals surface area contributed by atoms with Gasteiger partial charge < -0.3 is 39.9 Å². The van der Waals surface area contributed by atoms with Gasteiger partial charge >= 0.3 is 19.8 Å². The lowest BCUT2D eigenvalue weighted by Gasteiger charge is -2.41. The maximum Gasteiger partial charge on any atom is 0.472 e. The summed E-state index contributed by atoms with van der Waals surface area (Å²) < 4.78 is 33.5. The number of phosphoric acid groups is 1. The highest BCUT2D eigenvalue weighted by Gasteiger charge is 2.51. The number of aliphatic hydroxyl groups excluding tert-OH is 5. The molecule has 360 valence electrons. The van der Waals surface area contributed by atoms with Crippen molar-refractivity contribution in [3.8, 4) is 0 Å². The van der Waals surface area contributed by atoms with Gasteiger partial charge in [-0.3, -0.25) is 18.6 Å². The second-order valence-corrected chi connectivity index (χ2v) is 18.7. The molecule has 0 bridgehead atoms. The summed E-state index contributed by atoms with van der Waals surface area (Å²) in [4.78, 5) is 35.7. The van der Waals surface area contributed by atoms with Crippen LogP contribution in [0.1, 0.15) is 219 Å². The van der Waals surface area contributed by atoms with Gasteiger partial charge in [0.15, 0.2) is 6.10 Å². The summed E-state index contributed by atoms with van der Waals surface area (Å²) >= 11 is 0. The van der Waals surface area contributed by atoms with Crippen molar-refractivity contribution >= 4 is 19.8 Å². The number of rotatable bonds is 41. The van der Waals surface area contributed by atoms with Crippen LogP contribution in [0, 0.1) is 0 Å². The van der Waals surface area contributed by atoms with E-state index < -0.39 is 75.7 Å². The van der Waals surface area contributed by atoms with Gasteiger partial charge in [-0.1, -0.05) is 180 Å². The zero-order chi connectivity index (χ0) is 45.0. The molecule has 0 aromatic heterocycles.